The van der Waals surface area contributed by atoms with Crippen molar-refractivity contribution < 1.29 is 19.1 Å². The highest BCUT2D eigenvalue weighted by atomic mass is 16.5. The summed E-state index contributed by atoms with van der Waals surface area (Å²) in [6.07, 6.45) is 11.1. The third kappa shape index (κ3) is 8.52. The van der Waals surface area contributed by atoms with Crippen LogP contribution in [0.25, 0.3) is 44.1 Å². The maximum Gasteiger partial charge on any atom is 0.256 e. The van der Waals surface area contributed by atoms with Gasteiger partial charge in [-0.05, 0) is 65.7 Å². The maximum atomic E-state index is 14.4. The molecule has 2 N–H and O–H groups in total. The van der Waals surface area contributed by atoms with Gasteiger partial charge in [-0.3, -0.25) is 19.8 Å². The molecule has 60 heavy (non-hydrogen) atoms. The van der Waals surface area contributed by atoms with Gasteiger partial charge < -0.3 is 33.3 Å². The topological polar surface area (TPSA) is 130 Å². The van der Waals surface area contributed by atoms with Gasteiger partial charge in [-0.1, -0.05) is 48.5 Å². The van der Waals surface area contributed by atoms with Crippen LogP contribution in [0.5, 0.6) is 11.5 Å². The van der Waals surface area contributed by atoms with Gasteiger partial charge in [-0.2, -0.15) is 10.2 Å². The molecule has 4 aromatic carbocycles. The Morgan fingerprint density at radius 3 is 1.80 bits per heavy atom. The Balaban J connectivity index is 0.890. The Bertz CT molecular complexity index is 2750. The summed E-state index contributed by atoms with van der Waals surface area (Å²) in [6, 6.07) is 28.0. The van der Waals surface area contributed by atoms with Crippen LogP contribution in [0.1, 0.15) is 31.8 Å². The number of fused-ring (bicyclic) bond motifs is 2. The fraction of sp³-hybridized carbons (Fsp3) is 0.234. The minimum absolute atomic E-state index is 0.0376. The van der Waals surface area contributed by atoms with Gasteiger partial charge in [0.15, 0.2) is 0 Å². The molecule has 0 saturated carbocycles. The lowest BCUT2D eigenvalue weighted by Gasteiger charge is -2.26. The van der Waals surface area contributed by atoms with Crippen LogP contribution < -0.4 is 9.47 Å². The summed E-state index contributed by atoms with van der Waals surface area (Å²) in [4.78, 5) is 33.9. The van der Waals surface area contributed by atoms with Crippen LogP contribution in [-0.2, 0) is 27.2 Å². The van der Waals surface area contributed by atoms with Crippen LogP contribution in [0.2, 0.25) is 0 Å². The average Bonchev–Trinajstić information content (AvgIpc) is 4.10. The summed E-state index contributed by atoms with van der Waals surface area (Å²) in [5.74, 6) is 1.40. The summed E-state index contributed by atoms with van der Waals surface area (Å²) in [7, 11) is 9.44. The second-order valence-corrected chi connectivity index (χ2v) is 15.3. The van der Waals surface area contributed by atoms with Crippen molar-refractivity contribution in [2.24, 2.45) is 14.1 Å². The molecule has 0 aliphatic carbocycles. The van der Waals surface area contributed by atoms with Crippen LogP contribution >= 0.6 is 0 Å². The predicted molar refractivity (Wildman–Crippen MR) is 234 cm³/mol. The van der Waals surface area contributed by atoms with Crippen molar-refractivity contribution in [3.63, 3.8) is 0 Å². The van der Waals surface area contributed by atoms with Crippen LogP contribution in [0.3, 0.4) is 0 Å². The summed E-state index contributed by atoms with van der Waals surface area (Å²) in [5, 5.41) is 15.7. The number of aryl methyl sites for hydroxylation is 2. The first-order chi connectivity index (χ1) is 29.1. The normalized spacial score (nSPS) is 11.4. The van der Waals surface area contributed by atoms with Crippen molar-refractivity contribution in [1.82, 2.24) is 44.2 Å². The van der Waals surface area contributed by atoms with Gasteiger partial charge in [0, 0.05) is 112 Å². The molecule has 0 radical (unpaired) electrons. The smallest absolute Gasteiger partial charge is 0.256 e. The molecule has 4 heterocycles. The third-order valence-electron chi connectivity index (χ3n) is 11.1. The van der Waals surface area contributed by atoms with Crippen molar-refractivity contribution in [1.29, 1.82) is 0 Å². The molecule has 8 rings (SSSR count). The first-order valence-corrected chi connectivity index (χ1v) is 19.9. The van der Waals surface area contributed by atoms with E-state index >= 15 is 0 Å². The van der Waals surface area contributed by atoms with E-state index in [1.165, 1.54) is 0 Å². The number of ether oxygens (including phenoxy) is 2. The van der Waals surface area contributed by atoms with E-state index in [1.54, 1.807) is 24.4 Å². The second-order valence-electron chi connectivity index (χ2n) is 15.3. The number of aromatic nitrogens is 6. The molecule has 0 bridgehead atoms. The van der Waals surface area contributed by atoms with Gasteiger partial charge in [0.2, 0.25) is 0 Å². The van der Waals surface area contributed by atoms with Crippen molar-refractivity contribution in [2.45, 2.75) is 13.1 Å². The number of rotatable bonds is 16. The highest BCUT2D eigenvalue weighted by molar-refractivity contribution is 6.08. The molecule has 0 aliphatic heterocycles. The first kappa shape index (κ1) is 39.7. The van der Waals surface area contributed by atoms with E-state index in [0.29, 0.717) is 50.5 Å². The predicted octanol–water partition coefficient (Wildman–Crippen LogP) is 7.38. The zero-order chi connectivity index (χ0) is 41.8. The van der Waals surface area contributed by atoms with E-state index in [4.69, 9.17) is 9.47 Å². The minimum atomic E-state index is -0.0523. The fourth-order valence-corrected chi connectivity index (χ4v) is 7.71. The van der Waals surface area contributed by atoms with Crippen LogP contribution in [0.4, 0.5) is 0 Å². The number of nitrogens with one attached hydrogen (secondary N) is 2. The molecule has 4 aromatic heterocycles. The Morgan fingerprint density at radius 1 is 0.650 bits per heavy atom. The van der Waals surface area contributed by atoms with Crippen LogP contribution in [0.15, 0.2) is 122 Å². The number of H-pyrrole nitrogens is 2. The lowest BCUT2D eigenvalue weighted by Crippen LogP contribution is -2.38. The number of hydrogen-bond acceptors (Lipinski definition) is 7. The number of hydrogen-bond donors (Lipinski definition) is 2. The van der Waals surface area contributed by atoms with Gasteiger partial charge in [0.25, 0.3) is 11.8 Å². The van der Waals surface area contributed by atoms with E-state index < -0.39 is 0 Å². The molecule has 306 valence electrons. The molecule has 13 nitrogen and oxygen atoms in total. The molecule has 8 aromatic rings. The van der Waals surface area contributed by atoms with E-state index in [2.05, 4.69) is 37.4 Å². The molecular formula is C47H49N9O4. The maximum absolute atomic E-state index is 14.4. The quantitative estimate of drug-likeness (QED) is 0.104. The molecule has 13 heteroatoms. The fourth-order valence-electron chi connectivity index (χ4n) is 7.71. The van der Waals surface area contributed by atoms with Crippen LogP contribution in [0, 0.1) is 0 Å². The molecule has 0 fully saturated rings. The molecule has 2 amide bonds. The molecular weight excluding hydrogens is 755 g/mol. The zero-order valence-corrected chi connectivity index (χ0v) is 34.6. The van der Waals surface area contributed by atoms with Crippen molar-refractivity contribution in [3.8, 4) is 33.8 Å². The van der Waals surface area contributed by atoms with Gasteiger partial charge in [0.05, 0.1) is 30.6 Å². The SMILES string of the molecule is COc1cccc(CN(CCN(C)CCOc2cccc(CN(C)C(=O)c3cn(C)c4cc(-c5cn[nH]c5)ccc34)c2)C(=O)c2cn(C)c3cc(-c4cn[nH]c4)ccc23)c1. The Morgan fingerprint density at radius 2 is 1.22 bits per heavy atom. The van der Waals surface area contributed by atoms with Gasteiger partial charge >= 0.3 is 0 Å². The van der Waals surface area contributed by atoms with Crippen LogP contribution in [-0.4, -0.2) is 103 Å². The molecule has 0 saturated heterocycles. The van der Waals surface area contributed by atoms with E-state index in [1.807, 2.05) is 140 Å². The number of methoxy groups -OCH3 is 1. The number of amides is 2. The number of likely N-dealkylation sites (N-methyl/N-ethyl adjacent to an activating group) is 1. The first-order valence-electron chi connectivity index (χ1n) is 19.9. The standard InChI is InChI=1S/C47H49N9O4/c1-52(16-17-56(29-33-9-6-10-38(20-33)59-5)47(58)43-31-54(3)45-23-35(13-15-41(43)45)37-26-50-51-27-37)18-19-60-39-11-7-8-32(21-39)28-55(4)46(57)42-30-53(2)44-22-34(12-14-40(42)44)36-24-48-49-25-36/h6-15,20-27,30-31H,16-19,28-29H2,1-5H3,(H,48,49)(H,50,51). The Labute approximate surface area is 348 Å². The van der Waals surface area contributed by atoms with E-state index in [0.717, 1.165) is 66.7 Å². The summed E-state index contributed by atoms with van der Waals surface area (Å²) < 4.78 is 15.7. The lowest BCUT2D eigenvalue weighted by molar-refractivity contribution is 0.0725. The molecule has 0 unspecified atom stereocenters. The minimum Gasteiger partial charge on any atom is -0.497 e. The molecule has 0 atom stereocenters. The Hall–Kier alpha value is -7.12. The van der Waals surface area contributed by atoms with Gasteiger partial charge in [-0.25, -0.2) is 0 Å². The number of nitrogens with zero attached hydrogens (tertiary/aromatic N) is 7. The molecule has 0 spiro atoms. The molecule has 0 aliphatic rings. The number of aromatic amines is 2. The van der Waals surface area contributed by atoms with E-state index in [9.17, 15) is 9.59 Å². The second kappa shape index (κ2) is 17.4. The van der Waals surface area contributed by atoms with Crippen molar-refractivity contribution in [2.75, 3.05) is 47.4 Å². The van der Waals surface area contributed by atoms with Gasteiger partial charge in [-0.15, -0.1) is 0 Å². The third-order valence-corrected chi connectivity index (χ3v) is 11.1. The number of carbonyl (C=O) groups excluding carboxylic acids is 2. The monoisotopic (exact) mass is 803 g/mol. The van der Waals surface area contributed by atoms with Gasteiger partial charge in [0.1, 0.15) is 18.1 Å². The number of carbonyl (C=O) groups is 2. The average molecular weight is 804 g/mol. The summed E-state index contributed by atoms with van der Waals surface area (Å²) in [5.41, 5.74) is 9.27. The largest absolute Gasteiger partial charge is 0.497 e. The summed E-state index contributed by atoms with van der Waals surface area (Å²) in [6.45, 7) is 3.12. The van der Waals surface area contributed by atoms with Crippen molar-refractivity contribution >= 4 is 33.6 Å². The highest BCUT2D eigenvalue weighted by Gasteiger charge is 2.23. The number of benzene rings is 4. The Kier molecular flexibility index (Phi) is 11.5. The highest BCUT2D eigenvalue weighted by Crippen LogP contribution is 2.30. The van der Waals surface area contributed by atoms with E-state index in [-0.39, 0.29) is 11.8 Å². The lowest BCUT2D eigenvalue weighted by atomic mass is 10.1. The zero-order valence-electron chi connectivity index (χ0n) is 34.6. The summed E-state index contributed by atoms with van der Waals surface area (Å²) >= 11 is 0. The van der Waals surface area contributed by atoms with Crippen molar-refractivity contribution in [3.05, 3.63) is 144 Å².